The third-order valence-electron chi connectivity index (χ3n) is 3.06. The lowest BCUT2D eigenvalue weighted by atomic mass is 10.1. The minimum atomic E-state index is -0.424. The Balaban J connectivity index is 1.73. The summed E-state index contributed by atoms with van der Waals surface area (Å²) in [7, 11) is 0. The molecule has 1 aromatic carbocycles. The molecule has 1 aliphatic rings. The summed E-state index contributed by atoms with van der Waals surface area (Å²) in [6.45, 7) is 6.32. The number of hydrogen-bond donors (Lipinski definition) is 1. The van der Waals surface area contributed by atoms with Gasteiger partial charge in [0, 0.05) is 6.54 Å². The summed E-state index contributed by atoms with van der Waals surface area (Å²) >= 11 is 0. The van der Waals surface area contributed by atoms with E-state index in [1.54, 1.807) is 0 Å². The normalized spacial score (nSPS) is 22.4. The van der Waals surface area contributed by atoms with E-state index in [9.17, 15) is 4.79 Å². The van der Waals surface area contributed by atoms with Gasteiger partial charge >= 0.3 is 6.09 Å². The Hall–Kier alpha value is -1.51. The van der Waals surface area contributed by atoms with Crippen LogP contribution in [0.4, 0.5) is 4.79 Å². The molecule has 1 N–H and O–H groups in total. The van der Waals surface area contributed by atoms with E-state index in [1.165, 1.54) is 5.56 Å². The van der Waals surface area contributed by atoms with Gasteiger partial charge in [-0.15, -0.1) is 0 Å². The summed E-state index contributed by atoms with van der Waals surface area (Å²) in [6.07, 6.45) is 0.834. The molecule has 3 nitrogen and oxygen atoms in total. The summed E-state index contributed by atoms with van der Waals surface area (Å²) in [5.74, 6) is 1.15. The molecule has 0 radical (unpaired) electrons. The van der Waals surface area contributed by atoms with Gasteiger partial charge in [0.1, 0.15) is 5.60 Å². The lowest BCUT2D eigenvalue weighted by molar-refractivity contribution is 0.0525. The Morgan fingerprint density at radius 1 is 1.33 bits per heavy atom. The molecule has 2 rings (SSSR count). The first-order chi connectivity index (χ1) is 8.46. The van der Waals surface area contributed by atoms with Crippen LogP contribution in [-0.2, 0) is 4.74 Å². The predicted molar refractivity (Wildman–Crippen MR) is 71.5 cm³/mol. The molecule has 1 saturated carbocycles. The molecule has 1 aromatic rings. The number of nitrogens with one attached hydrogen (secondary N) is 1. The number of carbonyl (C=O) groups is 1. The summed E-state index contributed by atoms with van der Waals surface area (Å²) < 4.78 is 5.21. The van der Waals surface area contributed by atoms with Crippen LogP contribution in [0.2, 0.25) is 0 Å². The van der Waals surface area contributed by atoms with Gasteiger partial charge in [-0.05, 0) is 44.6 Å². The molecule has 0 aromatic heterocycles. The van der Waals surface area contributed by atoms with Crippen molar-refractivity contribution in [3.63, 3.8) is 0 Å². The van der Waals surface area contributed by atoms with Crippen molar-refractivity contribution in [1.82, 2.24) is 5.32 Å². The molecule has 0 heterocycles. The number of hydrogen-bond acceptors (Lipinski definition) is 2. The number of alkyl carbamates (subject to hydrolysis) is 1. The molecule has 1 fully saturated rings. The summed E-state index contributed by atoms with van der Waals surface area (Å²) in [5.41, 5.74) is 0.945. The number of ether oxygens (including phenoxy) is 1. The van der Waals surface area contributed by atoms with E-state index >= 15 is 0 Å². The van der Waals surface area contributed by atoms with Crippen LogP contribution >= 0.6 is 0 Å². The summed E-state index contributed by atoms with van der Waals surface area (Å²) in [6, 6.07) is 10.5. The highest BCUT2D eigenvalue weighted by molar-refractivity contribution is 5.67. The Labute approximate surface area is 109 Å². The fourth-order valence-electron chi connectivity index (χ4n) is 2.11. The van der Waals surface area contributed by atoms with E-state index in [1.807, 2.05) is 26.8 Å². The molecular formula is C15H21NO2. The van der Waals surface area contributed by atoms with Gasteiger partial charge in [-0.1, -0.05) is 30.3 Å². The van der Waals surface area contributed by atoms with Crippen molar-refractivity contribution in [1.29, 1.82) is 0 Å². The molecule has 1 amide bonds. The van der Waals surface area contributed by atoms with Crippen LogP contribution < -0.4 is 5.32 Å². The van der Waals surface area contributed by atoms with Gasteiger partial charge in [0.05, 0.1) is 0 Å². The van der Waals surface area contributed by atoms with Crippen molar-refractivity contribution >= 4 is 6.09 Å². The second-order valence-electron chi connectivity index (χ2n) is 5.90. The second-order valence-corrected chi connectivity index (χ2v) is 5.90. The van der Waals surface area contributed by atoms with Crippen molar-refractivity contribution in [2.75, 3.05) is 6.54 Å². The molecular weight excluding hydrogens is 226 g/mol. The van der Waals surface area contributed by atoms with Crippen LogP contribution in [0.3, 0.4) is 0 Å². The minimum absolute atomic E-state index is 0.318. The van der Waals surface area contributed by atoms with E-state index in [0.717, 1.165) is 6.42 Å². The van der Waals surface area contributed by atoms with E-state index in [4.69, 9.17) is 4.74 Å². The van der Waals surface area contributed by atoms with Crippen LogP contribution in [0.15, 0.2) is 30.3 Å². The zero-order valence-electron chi connectivity index (χ0n) is 11.3. The van der Waals surface area contributed by atoms with Crippen molar-refractivity contribution in [3.05, 3.63) is 35.9 Å². The summed E-state index contributed by atoms with van der Waals surface area (Å²) in [5, 5.41) is 2.84. The van der Waals surface area contributed by atoms with Gasteiger partial charge in [-0.2, -0.15) is 0 Å². The van der Waals surface area contributed by atoms with Crippen LogP contribution in [-0.4, -0.2) is 18.2 Å². The Bertz CT molecular complexity index is 408. The lowest BCUT2D eigenvalue weighted by Gasteiger charge is -2.19. The third-order valence-corrected chi connectivity index (χ3v) is 3.06. The van der Waals surface area contributed by atoms with Crippen LogP contribution in [0.1, 0.15) is 38.7 Å². The first-order valence-corrected chi connectivity index (χ1v) is 6.47. The minimum Gasteiger partial charge on any atom is -0.444 e. The topological polar surface area (TPSA) is 38.3 Å². The third kappa shape index (κ3) is 3.76. The highest BCUT2D eigenvalue weighted by Gasteiger charge is 2.38. The number of amides is 1. The SMILES string of the molecule is CC(C)(C)OC(=O)NC[C@@H]1C[C@H]1c1ccccc1. The van der Waals surface area contributed by atoms with Gasteiger partial charge in [0.15, 0.2) is 0 Å². The van der Waals surface area contributed by atoms with E-state index in [0.29, 0.717) is 18.4 Å². The molecule has 0 saturated heterocycles. The standard InChI is InChI=1S/C15H21NO2/c1-15(2,3)18-14(17)16-10-12-9-13(12)11-7-5-4-6-8-11/h4-8,12-13H,9-10H2,1-3H3,(H,16,17)/t12-,13-/m0/s1. The van der Waals surface area contributed by atoms with E-state index in [-0.39, 0.29) is 6.09 Å². The molecule has 98 valence electrons. The predicted octanol–water partition coefficient (Wildman–Crippen LogP) is 3.31. The average Bonchev–Trinajstić information content (AvgIpc) is 3.05. The van der Waals surface area contributed by atoms with E-state index < -0.39 is 5.60 Å². The molecule has 0 bridgehead atoms. The maximum atomic E-state index is 11.5. The zero-order chi connectivity index (χ0) is 13.2. The zero-order valence-corrected chi connectivity index (χ0v) is 11.3. The summed E-state index contributed by atoms with van der Waals surface area (Å²) in [4.78, 5) is 11.5. The smallest absolute Gasteiger partial charge is 0.407 e. The lowest BCUT2D eigenvalue weighted by Crippen LogP contribution is -2.33. The Kier molecular flexibility index (Phi) is 3.60. The molecule has 2 atom stereocenters. The van der Waals surface area contributed by atoms with Crippen LogP contribution in [0.5, 0.6) is 0 Å². The van der Waals surface area contributed by atoms with Crippen LogP contribution in [0.25, 0.3) is 0 Å². The maximum absolute atomic E-state index is 11.5. The van der Waals surface area contributed by atoms with Gasteiger partial charge < -0.3 is 10.1 Å². The fourth-order valence-corrected chi connectivity index (χ4v) is 2.11. The average molecular weight is 247 g/mol. The van der Waals surface area contributed by atoms with Gasteiger partial charge in [-0.25, -0.2) is 4.79 Å². The Morgan fingerprint density at radius 3 is 2.61 bits per heavy atom. The molecule has 0 spiro atoms. The molecule has 3 heteroatoms. The quantitative estimate of drug-likeness (QED) is 0.889. The van der Waals surface area contributed by atoms with Crippen LogP contribution in [0, 0.1) is 5.92 Å². The van der Waals surface area contributed by atoms with Crippen molar-refractivity contribution < 1.29 is 9.53 Å². The van der Waals surface area contributed by atoms with Crippen molar-refractivity contribution in [3.8, 4) is 0 Å². The highest BCUT2D eigenvalue weighted by atomic mass is 16.6. The number of carbonyl (C=O) groups excluding carboxylic acids is 1. The maximum Gasteiger partial charge on any atom is 0.407 e. The molecule has 1 aliphatic carbocycles. The van der Waals surface area contributed by atoms with E-state index in [2.05, 4.69) is 29.6 Å². The van der Waals surface area contributed by atoms with Gasteiger partial charge in [0.2, 0.25) is 0 Å². The number of benzene rings is 1. The largest absolute Gasteiger partial charge is 0.444 e. The molecule has 0 unspecified atom stereocenters. The van der Waals surface area contributed by atoms with Crippen molar-refractivity contribution in [2.45, 2.75) is 38.7 Å². The molecule has 18 heavy (non-hydrogen) atoms. The van der Waals surface area contributed by atoms with Crippen molar-refractivity contribution in [2.24, 2.45) is 5.92 Å². The monoisotopic (exact) mass is 247 g/mol. The van der Waals surface area contributed by atoms with Gasteiger partial charge in [-0.3, -0.25) is 0 Å². The number of rotatable bonds is 3. The Morgan fingerprint density at radius 2 is 2.00 bits per heavy atom. The van der Waals surface area contributed by atoms with Gasteiger partial charge in [0.25, 0.3) is 0 Å². The highest BCUT2D eigenvalue weighted by Crippen LogP contribution is 2.46. The fraction of sp³-hybridized carbons (Fsp3) is 0.533. The molecule has 0 aliphatic heterocycles. The first-order valence-electron chi connectivity index (χ1n) is 6.47. The second kappa shape index (κ2) is 5.01. The first kappa shape index (κ1) is 12.9.